The van der Waals surface area contributed by atoms with Gasteiger partial charge in [0.15, 0.2) is 0 Å². The molecule has 0 fully saturated rings. The number of benzene rings is 2. The van der Waals surface area contributed by atoms with Crippen molar-refractivity contribution in [3.05, 3.63) is 64.7 Å². The van der Waals surface area contributed by atoms with Crippen LogP contribution in [-0.2, 0) is 4.79 Å². The Balaban J connectivity index is 1.93. The number of hydrogen-bond acceptors (Lipinski definition) is 2. The zero-order chi connectivity index (χ0) is 16.1. The average Bonchev–Trinajstić information content (AvgIpc) is 2.50. The predicted octanol–water partition coefficient (Wildman–Crippen LogP) is 5.01. The van der Waals surface area contributed by atoms with Crippen molar-refractivity contribution in [1.82, 2.24) is 5.32 Å². The maximum Gasteiger partial charge on any atom is 0.233 e. The number of carbonyl (C=O) groups is 1. The van der Waals surface area contributed by atoms with E-state index in [4.69, 9.17) is 11.6 Å². The molecule has 0 heterocycles. The Morgan fingerprint density at radius 2 is 1.64 bits per heavy atom. The fourth-order valence-electron chi connectivity index (χ4n) is 2.04. The lowest BCUT2D eigenvalue weighted by atomic mass is 10.1. The molecule has 2 aromatic carbocycles. The van der Waals surface area contributed by atoms with Crippen LogP contribution in [0.15, 0.2) is 53.4 Å². The van der Waals surface area contributed by atoms with Crippen molar-refractivity contribution in [1.29, 1.82) is 0 Å². The first kappa shape index (κ1) is 16.9. The number of rotatable bonds is 5. The van der Waals surface area contributed by atoms with Crippen LogP contribution in [0.5, 0.6) is 0 Å². The van der Waals surface area contributed by atoms with Gasteiger partial charge >= 0.3 is 0 Å². The minimum absolute atomic E-state index is 0.00127. The van der Waals surface area contributed by atoms with Crippen LogP contribution in [0.3, 0.4) is 0 Å². The zero-order valence-electron chi connectivity index (χ0n) is 13.0. The van der Waals surface area contributed by atoms with E-state index in [9.17, 15) is 4.79 Å². The van der Waals surface area contributed by atoms with E-state index in [1.807, 2.05) is 38.1 Å². The second-order valence-corrected chi connectivity index (χ2v) is 7.21. The molecule has 0 aliphatic heterocycles. The van der Waals surface area contributed by atoms with Gasteiger partial charge in [-0.2, -0.15) is 0 Å². The fraction of sp³-hybridized carbons (Fsp3) is 0.278. The van der Waals surface area contributed by atoms with E-state index in [2.05, 4.69) is 36.5 Å². The quantitative estimate of drug-likeness (QED) is 0.779. The summed E-state index contributed by atoms with van der Waals surface area (Å²) in [6, 6.07) is 15.8. The number of aryl methyl sites for hydroxylation is 1. The molecule has 2 aromatic rings. The molecule has 0 aliphatic rings. The topological polar surface area (TPSA) is 29.1 Å². The van der Waals surface area contributed by atoms with Crippen molar-refractivity contribution >= 4 is 29.3 Å². The molecular weight excluding hydrogens is 314 g/mol. The first-order valence-corrected chi connectivity index (χ1v) is 8.50. The summed E-state index contributed by atoms with van der Waals surface area (Å²) in [7, 11) is 0. The average molecular weight is 334 g/mol. The SMILES string of the molecule is Cc1ccc([C@@H](C)NC(=O)[C@@H](C)Sc2ccc(Cl)cc2)cc1. The van der Waals surface area contributed by atoms with Gasteiger partial charge in [-0.3, -0.25) is 4.79 Å². The van der Waals surface area contributed by atoms with Gasteiger partial charge in [0.05, 0.1) is 11.3 Å². The third kappa shape index (κ3) is 4.79. The van der Waals surface area contributed by atoms with E-state index in [1.54, 1.807) is 0 Å². The van der Waals surface area contributed by atoms with Gasteiger partial charge in [0.25, 0.3) is 0 Å². The molecule has 0 unspecified atom stereocenters. The Hall–Kier alpha value is -1.45. The molecule has 116 valence electrons. The van der Waals surface area contributed by atoms with Crippen LogP contribution in [0.2, 0.25) is 5.02 Å². The van der Waals surface area contributed by atoms with Crippen molar-refractivity contribution < 1.29 is 4.79 Å². The molecular formula is C18H20ClNOS. The summed E-state index contributed by atoms with van der Waals surface area (Å²) in [5.74, 6) is 0.0352. The van der Waals surface area contributed by atoms with Crippen LogP contribution in [0.1, 0.15) is 31.0 Å². The maximum absolute atomic E-state index is 12.3. The molecule has 0 saturated carbocycles. The highest BCUT2D eigenvalue weighted by molar-refractivity contribution is 8.00. The summed E-state index contributed by atoms with van der Waals surface area (Å²) in [6.07, 6.45) is 0. The summed E-state index contributed by atoms with van der Waals surface area (Å²) < 4.78 is 0. The number of halogens is 1. The van der Waals surface area contributed by atoms with E-state index < -0.39 is 0 Å². The summed E-state index contributed by atoms with van der Waals surface area (Å²) in [5.41, 5.74) is 2.33. The van der Waals surface area contributed by atoms with E-state index in [-0.39, 0.29) is 17.2 Å². The monoisotopic (exact) mass is 333 g/mol. The van der Waals surface area contributed by atoms with Gasteiger partial charge in [0.1, 0.15) is 0 Å². The standard InChI is InChI=1S/C18H20ClNOS/c1-12-4-6-15(7-5-12)13(2)20-18(21)14(3)22-17-10-8-16(19)9-11-17/h4-11,13-14H,1-3H3,(H,20,21)/t13-,14-/m1/s1. The smallest absolute Gasteiger partial charge is 0.233 e. The van der Waals surface area contributed by atoms with Crippen LogP contribution in [-0.4, -0.2) is 11.2 Å². The molecule has 2 atom stereocenters. The largest absolute Gasteiger partial charge is 0.349 e. The number of thioether (sulfide) groups is 1. The molecule has 22 heavy (non-hydrogen) atoms. The molecule has 0 radical (unpaired) electrons. The minimum atomic E-state index is -0.158. The molecule has 4 heteroatoms. The highest BCUT2D eigenvalue weighted by atomic mass is 35.5. The number of nitrogens with one attached hydrogen (secondary N) is 1. The van der Waals surface area contributed by atoms with E-state index in [0.29, 0.717) is 5.02 Å². The van der Waals surface area contributed by atoms with E-state index >= 15 is 0 Å². The Morgan fingerprint density at radius 3 is 2.23 bits per heavy atom. The third-order valence-electron chi connectivity index (χ3n) is 3.43. The third-order valence-corrected chi connectivity index (χ3v) is 4.80. The lowest BCUT2D eigenvalue weighted by molar-refractivity contribution is -0.120. The Labute approximate surface area is 141 Å². The molecule has 0 bridgehead atoms. The van der Waals surface area contributed by atoms with Crippen LogP contribution >= 0.6 is 23.4 Å². The zero-order valence-corrected chi connectivity index (χ0v) is 14.5. The second kappa shape index (κ2) is 7.70. The van der Waals surface area contributed by atoms with Gasteiger partial charge in [0.2, 0.25) is 5.91 Å². The van der Waals surface area contributed by atoms with Crippen LogP contribution in [0, 0.1) is 6.92 Å². The highest BCUT2D eigenvalue weighted by Crippen LogP contribution is 2.25. The normalized spacial score (nSPS) is 13.5. The van der Waals surface area contributed by atoms with Crippen LogP contribution < -0.4 is 5.32 Å². The molecule has 0 aliphatic carbocycles. The molecule has 0 saturated heterocycles. The van der Waals surface area contributed by atoms with Crippen LogP contribution in [0.25, 0.3) is 0 Å². The molecule has 1 amide bonds. The fourth-order valence-corrected chi connectivity index (χ4v) is 3.04. The Bertz CT molecular complexity index is 625. The van der Waals surface area contributed by atoms with Crippen molar-refractivity contribution in [3.8, 4) is 0 Å². The van der Waals surface area contributed by atoms with Crippen molar-refractivity contribution in [2.24, 2.45) is 0 Å². The summed E-state index contributed by atoms with van der Waals surface area (Å²) in [4.78, 5) is 13.3. The minimum Gasteiger partial charge on any atom is -0.349 e. The maximum atomic E-state index is 12.3. The van der Waals surface area contributed by atoms with Gasteiger partial charge in [-0.1, -0.05) is 41.4 Å². The number of carbonyl (C=O) groups excluding carboxylic acids is 1. The van der Waals surface area contributed by atoms with Crippen molar-refractivity contribution in [2.75, 3.05) is 0 Å². The molecule has 0 aromatic heterocycles. The van der Waals surface area contributed by atoms with Crippen molar-refractivity contribution in [2.45, 2.75) is 37.0 Å². The molecule has 2 rings (SSSR count). The van der Waals surface area contributed by atoms with Crippen molar-refractivity contribution in [3.63, 3.8) is 0 Å². The Morgan fingerprint density at radius 1 is 1.05 bits per heavy atom. The van der Waals surface area contributed by atoms with Gasteiger partial charge in [-0.05, 0) is 50.6 Å². The van der Waals surface area contributed by atoms with Crippen LogP contribution in [0.4, 0.5) is 0 Å². The lowest BCUT2D eigenvalue weighted by Gasteiger charge is -2.18. The first-order chi connectivity index (χ1) is 10.5. The first-order valence-electron chi connectivity index (χ1n) is 7.25. The highest BCUT2D eigenvalue weighted by Gasteiger charge is 2.17. The van der Waals surface area contributed by atoms with Gasteiger partial charge in [-0.25, -0.2) is 0 Å². The summed E-state index contributed by atoms with van der Waals surface area (Å²) >= 11 is 7.40. The Kier molecular flexibility index (Phi) is 5.92. The summed E-state index contributed by atoms with van der Waals surface area (Å²) in [5, 5.41) is 3.61. The molecule has 2 nitrogen and oxygen atoms in total. The van der Waals surface area contributed by atoms with Gasteiger partial charge in [0, 0.05) is 9.92 Å². The van der Waals surface area contributed by atoms with E-state index in [0.717, 1.165) is 10.5 Å². The van der Waals surface area contributed by atoms with Gasteiger partial charge in [-0.15, -0.1) is 11.8 Å². The summed E-state index contributed by atoms with van der Waals surface area (Å²) in [6.45, 7) is 5.97. The second-order valence-electron chi connectivity index (χ2n) is 5.35. The van der Waals surface area contributed by atoms with E-state index in [1.165, 1.54) is 17.3 Å². The van der Waals surface area contributed by atoms with Gasteiger partial charge < -0.3 is 5.32 Å². The lowest BCUT2D eigenvalue weighted by Crippen LogP contribution is -2.33. The molecule has 0 spiro atoms. The number of hydrogen-bond donors (Lipinski definition) is 1. The predicted molar refractivity (Wildman–Crippen MR) is 94.5 cm³/mol. The molecule has 1 N–H and O–H groups in total. The number of amides is 1.